The van der Waals surface area contributed by atoms with Crippen molar-refractivity contribution < 1.29 is 0 Å². The van der Waals surface area contributed by atoms with Crippen LogP contribution in [0, 0.1) is 11.3 Å². The van der Waals surface area contributed by atoms with Crippen LogP contribution in [0.25, 0.3) is 0 Å². The Morgan fingerprint density at radius 1 is 0.800 bits per heavy atom. The van der Waals surface area contributed by atoms with Crippen LogP contribution in [0.15, 0.2) is 0 Å². The monoisotopic (exact) mass is 351 g/mol. The van der Waals surface area contributed by atoms with Gasteiger partial charge in [0.05, 0.1) is 0 Å². The molecule has 25 heavy (non-hydrogen) atoms. The third-order valence-corrected chi connectivity index (χ3v) is 6.97. The molecule has 0 bridgehead atoms. The lowest BCUT2D eigenvalue weighted by molar-refractivity contribution is 0.0399. The highest BCUT2D eigenvalue weighted by Gasteiger charge is 2.43. The van der Waals surface area contributed by atoms with E-state index in [4.69, 9.17) is 5.73 Å². The van der Waals surface area contributed by atoms with Crippen LogP contribution in [0.1, 0.15) is 136 Å². The summed E-state index contributed by atoms with van der Waals surface area (Å²) in [6.45, 7) is 7.02. The quantitative estimate of drug-likeness (QED) is 0.297. The van der Waals surface area contributed by atoms with Gasteiger partial charge < -0.3 is 5.73 Å². The molecular weight excluding hydrogens is 302 g/mol. The van der Waals surface area contributed by atoms with Gasteiger partial charge in [0, 0.05) is 6.04 Å². The number of hydrogen-bond donors (Lipinski definition) is 1. The van der Waals surface area contributed by atoms with Crippen LogP contribution in [-0.4, -0.2) is 6.04 Å². The number of unbranched alkanes of at least 4 members (excludes halogenated alkanes) is 8. The van der Waals surface area contributed by atoms with Gasteiger partial charge >= 0.3 is 0 Å². The number of hydrogen-bond acceptors (Lipinski definition) is 1. The maximum Gasteiger partial charge on any atom is 0.00982 e. The molecule has 0 radical (unpaired) electrons. The summed E-state index contributed by atoms with van der Waals surface area (Å²) in [4.78, 5) is 0. The van der Waals surface area contributed by atoms with Crippen molar-refractivity contribution in [3.63, 3.8) is 0 Å². The summed E-state index contributed by atoms with van der Waals surface area (Å²) in [5.41, 5.74) is 7.36. The molecule has 150 valence electrons. The summed E-state index contributed by atoms with van der Waals surface area (Å²) in [5.74, 6) is 0.903. The molecule has 1 heteroatoms. The third-order valence-electron chi connectivity index (χ3n) is 6.97. The SMILES string of the molecule is CCCCCCCCCCCC(N)C1(CCC)CCCCC1CCC. The van der Waals surface area contributed by atoms with Gasteiger partial charge in [-0.05, 0) is 37.0 Å². The number of nitrogens with two attached hydrogens (primary N) is 1. The molecule has 0 aliphatic heterocycles. The summed E-state index contributed by atoms with van der Waals surface area (Å²) in [7, 11) is 0. The minimum atomic E-state index is 0.453. The second kappa shape index (κ2) is 14.1. The van der Waals surface area contributed by atoms with Gasteiger partial charge in [-0.15, -0.1) is 0 Å². The predicted octanol–water partition coefficient (Wildman–Crippen LogP) is 8.01. The molecule has 3 atom stereocenters. The van der Waals surface area contributed by atoms with Crippen LogP contribution in [0.4, 0.5) is 0 Å². The van der Waals surface area contributed by atoms with Crippen LogP contribution in [-0.2, 0) is 0 Å². The first-order valence-corrected chi connectivity index (χ1v) is 12.0. The molecule has 2 N–H and O–H groups in total. The lowest BCUT2D eigenvalue weighted by Crippen LogP contribution is -2.48. The first kappa shape index (κ1) is 23.0. The highest BCUT2D eigenvalue weighted by molar-refractivity contribution is 4.96. The first-order valence-electron chi connectivity index (χ1n) is 12.0. The molecular formula is C24H49N. The van der Waals surface area contributed by atoms with Gasteiger partial charge in [0.1, 0.15) is 0 Å². The topological polar surface area (TPSA) is 26.0 Å². The third kappa shape index (κ3) is 8.02. The molecule has 1 aliphatic rings. The average molecular weight is 352 g/mol. The molecule has 0 saturated heterocycles. The Balaban J connectivity index is 2.32. The van der Waals surface area contributed by atoms with Crippen molar-refractivity contribution in [2.75, 3.05) is 0 Å². The molecule has 0 amide bonds. The van der Waals surface area contributed by atoms with E-state index in [1.165, 1.54) is 116 Å². The first-order chi connectivity index (χ1) is 12.2. The zero-order chi connectivity index (χ0) is 18.4. The van der Waals surface area contributed by atoms with Crippen molar-refractivity contribution in [1.82, 2.24) is 0 Å². The summed E-state index contributed by atoms with van der Waals surface area (Å²) in [6, 6.07) is 0.453. The minimum absolute atomic E-state index is 0.453. The van der Waals surface area contributed by atoms with Gasteiger partial charge in [-0.2, -0.15) is 0 Å². The van der Waals surface area contributed by atoms with Crippen LogP contribution < -0.4 is 5.73 Å². The highest BCUT2D eigenvalue weighted by atomic mass is 14.7. The zero-order valence-corrected chi connectivity index (χ0v) is 18.0. The van der Waals surface area contributed by atoms with Crippen molar-refractivity contribution in [3.8, 4) is 0 Å². The van der Waals surface area contributed by atoms with Crippen molar-refractivity contribution in [2.45, 2.75) is 142 Å². The second-order valence-corrected chi connectivity index (χ2v) is 8.94. The molecule has 0 spiro atoms. The van der Waals surface area contributed by atoms with E-state index in [1.54, 1.807) is 0 Å². The fraction of sp³-hybridized carbons (Fsp3) is 1.00. The van der Waals surface area contributed by atoms with Gasteiger partial charge in [0.25, 0.3) is 0 Å². The summed E-state index contributed by atoms with van der Waals surface area (Å²) < 4.78 is 0. The van der Waals surface area contributed by atoms with E-state index in [-0.39, 0.29) is 0 Å². The Labute approximate surface area is 159 Å². The Morgan fingerprint density at radius 3 is 2.04 bits per heavy atom. The van der Waals surface area contributed by atoms with E-state index in [2.05, 4.69) is 20.8 Å². The van der Waals surface area contributed by atoms with Crippen LogP contribution in [0.2, 0.25) is 0 Å². The predicted molar refractivity (Wildman–Crippen MR) is 114 cm³/mol. The Bertz CT molecular complexity index is 294. The molecule has 0 heterocycles. The largest absolute Gasteiger partial charge is 0.327 e. The van der Waals surface area contributed by atoms with Gasteiger partial charge in [0.2, 0.25) is 0 Å². The maximum absolute atomic E-state index is 6.89. The smallest absolute Gasteiger partial charge is 0.00982 e. The fourth-order valence-electron chi connectivity index (χ4n) is 5.55. The van der Waals surface area contributed by atoms with Crippen LogP contribution in [0.5, 0.6) is 0 Å². The molecule has 0 aromatic heterocycles. The highest BCUT2D eigenvalue weighted by Crippen LogP contribution is 2.49. The summed E-state index contributed by atoms with van der Waals surface area (Å²) in [5, 5.41) is 0. The average Bonchev–Trinajstić information content (AvgIpc) is 2.62. The molecule has 1 aliphatic carbocycles. The summed E-state index contributed by atoms with van der Waals surface area (Å²) >= 11 is 0. The van der Waals surface area contributed by atoms with E-state index in [0.717, 1.165) is 5.92 Å². The molecule has 0 aromatic carbocycles. The van der Waals surface area contributed by atoms with E-state index in [0.29, 0.717) is 11.5 Å². The maximum atomic E-state index is 6.89. The van der Waals surface area contributed by atoms with E-state index >= 15 is 0 Å². The van der Waals surface area contributed by atoms with Gasteiger partial charge in [-0.3, -0.25) is 0 Å². The molecule has 0 aromatic rings. The van der Waals surface area contributed by atoms with Crippen LogP contribution >= 0.6 is 0 Å². The standard InChI is InChI=1S/C24H49N/c1-4-7-8-9-10-11-12-13-14-19-23(25)24(20-6-3)21-16-15-18-22(24)17-5-2/h22-23H,4-21,25H2,1-3H3. The molecule has 1 rings (SSSR count). The number of rotatable bonds is 15. The Kier molecular flexibility index (Phi) is 12.9. The minimum Gasteiger partial charge on any atom is -0.327 e. The molecule has 3 unspecified atom stereocenters. The molecule has 1 nitrogen and oxygen atoms in total. The second-order valence-electron chi connectivity index (χ2n) is 8.94. The van der Waals surface area contributed by atoms with Crippen molar-refractivity contribution in [2.24, 2.45) is 17.1 Å². The van der Waals surface area contributed by atoms with Crippen molar-refractivity contribution in [3.05, 3.63) is 0 Å². The van der Waals surface area contributed by atoms with E-state index < -0.39 is 0 Å². The fourth-order valence-corrected chi connectivity index (χ4v) is 5.55. The van der Waals surface area contributed by atoms with Crippen molar-refractivity contribution in [1.29, 1.82) is 0 Å². The lowest BCUT2D eigenvalue weighted by Gasteiger charge is -2.49. The van der Waals surface area contributed by atoms with E-state index in [1.807, 2.05) is 0 Å². The van der Waals surface area contributed by atoms with Gasteiger partial charge in [-0.1, -0.05) is 111 Å². The van der Waals surface area contributed by atoms with Gasteiger partial charge in [-0.25, -0.2) is 0 Å². The van der Waals surface area contributed by atoms with E-state index in [9.17, 15) is 0 Å². The summed E-state index contributed by atoms with van der Waals surface area (Å²) in [6.07, 6.45) is 25.2. The Hall–Kier alpha value is -0.0400. The Morgan fingerprint density at radius 2 is 1.44 bits per heavy atom. The van der Waals surface area contributed by atoms with Gasteiger partial charge in [0.15, 0.2) is 0 Å². The lowest BCUT2D eigenvalue weighted by atomic mass is 9.58. The normalized spacial score (nSPS) is 25.2. The van der Waals surface area contributed by atoms with Crippen LogP contribution in [0.3, 0.4) is 0 Å². The van der Waals surface area contributed by atoms with Crippen molar-refractivity contribution >= 4 is 0 Å². The molecule has 1 saturated carbocycles. The molecule has 1 fully saturated rings. The zero-order valence-electron chi connectivity index (χ0n) is 18.0.